The molecular weight excluding hydrogens is 268 g/mol. The number of carbonyl (C=O) groups excluding carboxylic acids is 1. The molecule has 1 aliphatic carbocycles. The first-order chi connectivity index (χ1) is 10.1. The van der Waals surface area contributed by atoms with E-state index in [2.05, 4.69) is 59.8 Å². The molecule has 1 aromatic carbocycles. The third-order valence-electron chi connectivity index (χ3n) is 3.82. The zero-order chi connectivity index (χ0) is 16.5. The monoisotopic (exact) mass is 294 g/mol. The summed E-state index contributed by atoms with van der Waals surface area (Å²) in [5.41, 5.74) is 4.15. The van der Waals surface area contributed by atoms with Crippen LogP contribution in [0.3, 0.4) is 0 Å². The van der Waals surface area contributed by atoms with Crippen LogP contribution in [0, 0.1) is 10.8 Å². The van der Waals surface area contributed by atoms with Gasteiger partial charge in [-0.2, -0.15) is 0 Å². The Morgan fingerprint density at radius 1 is 0.773 bits per heavy atom. The van der Waals surface area contributed by atoms with E-state index in [1.165, 1.54) is 0 Å². The number of hydrogen-bond acceptors (Lipinski definition) is 1. The average Bonchev–Trinajstić information content (AvgIpc) is 2.39. The fourth-order valence-electron chi connectivity index (χ4n) is 3.00. The molecule has 0 aromatic heterocycles. The third kappa shape index (κ3) is 3.47. The van der Waals surface area contributed by atoms with E-state index in [0.29, 0.717) is 0 Å². The van der Waals surface area contributed by atoms with Crippen molar-refractivity contribution < 1.29 is 4.79 Å². The quantitative estimate of drug-likeness (QED) is 0.659. The Labute approximate surface area is 134 Å². The Balaban J connectivity index is 2.69. The first-order valence-electron chi connectivity index (χ1n) is 7.85. The van der Waals surface area contributed by atoms with E-state index in [1.807, 2.05) is 24.3 Å². The van der Waals surface area contributed by atoms with E-state index in [0.717, 1.165) is 22.3 Å². The molecule has 0 saturated heterocycles. The number of rotatable bonds is 1. The van der Waals surface area contributed by atoms with Crippen molar-refractivity contribution in [2.75, 3.05) is 0 Å². The van der Waals surface area contributed by atoms with Crippen LogP contribution < -0.4 is 0 Å². The maximum atomic E-state index is 12.5. The molecule has 116 valence electrons. The molecule has 1 heteroatoms. The number of carbonyl (C=O) groups is 1. The van der Waals surface area contributed by atoms with Crippen molar-refractivity contribution >= 4 is 11.9 Å². The van der Waals surface area contributed by atoms with Crippen molar-refractivity contribution in [1.29, 1.82) is 0 Å². The smallest absolute Gasteiger partial charge is 0.182 e. The highest BCUT2D eigenvalue weighted by Crippen LogP contribution is 2.43. The van der Waals surface area contributed by atoms with E-state index in [4.69, 9.17) is 0 Å². The van der Waals surface area contributed by atoms with Crippen LogP contribution in [0.1, 0.15) is 47.1 Å². The minimum atomic E-state index is -0.166. The molecule has 0 fully saturated rings. The molecule has 2 rings (SSSR count). The molecule has 0 aliphatic heterocycles. The Morgan fingerprint density at radius 2 is 1.32 bits per heavy atom. The van der Waals surface area contributed by atoms with Gasteiger partial charge in [-0.3, -0.25) is 4.79 Å². The molecule has 0 heterocycles. The fraction of sp³-hybridized carbons (Fsp3) is 0.381. The maximum Gasteiger partial charge on any atom is 0.182 e. The van der Waals surface area contributed by atoms with Crippen molar-refractivity contribution in [3.63, 3.8) is 0 Å². The standard InChI is InChI=1S/C21H26O/c1-20(2,3)18-16(14-15-10-8-7-9-11-15)12-13-17(22)19(18)21(4,5)6/h7-14H,1-6H3. The number of benzene rings is 1. The van der Waals surface area contributed by atoms with Gasteiger partial charge in [0, 0.05) is 5.57 Å². The molecule has 0 radical (unpaired) electrons. The van der Waals surface area contributed by atoms with E-state index < -0.39 is 0 Å². The van der Waals surface area contributed by atoms with Gasteiger partial charge in [-0.1, -0.05) is 78.0 Å². The van der Waals surface area contributed by atoms with Crippen LogP contribution in [0.25, 0.3) is 6.08 Å². The second kappa shape index (κ2) is 5.72. The SMILES string of the molecule is CC(C)(C)C1=C(C(C)(C)C)C(=Cc2ccccc2)C=CC1=O. The number of hydrogen-bond donors (Lipinski definition) is 0. The van der Waals surface area contributed by atoms with E-state index >= 15 is 0 Å². The third-order valence-corrected chi connectivity index (χ3v) is 3.82. The van der Waals surface area contributed by atoms with Crippen LogP contribution in [-0.4, -0.2) is 5.78 Å². The van der Waals surface area contributed by atoms with Crippen LogP contribution in [0.2, 0.25) is 0 Å². The predicted molar refractivity (Wildman–Crippen MR) is 94.5 cm³/mol. The van der Waals surface area contributed by atoms with E-state index in [9.17, 15) is 4.79 Å². The summed E-state index contributed by atoms with van der Waals surface area (Å²) in [6.45, 7) is 12.9. The van der Waals surface area contributed by atoms with Gasteiger partial charge in [0.2, 0.25) is 0 Å². The van der Waals surface area contributed by atoms with E-state index in [1.54, 1.807) is 6.08 Å². The zero-order valence-corrected chi connectivity index (χ0v) is 14.5. The van der Waals surface area contributed by atoms with Gasteiger partial charge in [0.05, 0.1) is 0 Å². The summed E-state index contributed by atoms with van der Waals surface area (Å²) in [4.78, 5) is 12.5. The number of allylic oxidation sites excluding steroid dienone is 5. The van der Waals surface area contributed by atoms with Crippen molar-refractivity contribution in [3.8, 4) is 0 Å². The van der Waals surface area contributed by atoms with Gasteiger partial charge in [-0.05, 0) is 39.7 Å². The fourth-order valence-corrected chi connectivity index (χ4v) is 3.00. The Morgan fingerprint density at radius 3 is 1.82 bits per heavy atom. The first-order valence-corrected chi connectivity index (χ1v) is 7.85. The van der Waals surface area contributed by atoms with Gasteiger partial charge in [0.15, 0.2) is 5.78 Å². The second-order valence-electron chi connectivity index (χ2n) is 7.96. The van der Waals surface area contributed by atoms with Crippen molar-refractivity contribution in [2.45, 2.75) is 41.5 Å². The summed E-state index contributed by atoms with van der Waals surface area (Å²) in [6.07, 6.45) is 5.85. The second-order valence-corrected chi connectivity index (χ2v) is 7.96. The van der Waals surface area contributed by atoms with Crippen molar-refractivity contribution in [3.05, 3.63) is 64.8 Å². The highest BCUT2D eigenvalue weighted by Gasteiger charge is 2.34. The largest absolute Gasteiger partial charge is 0.290 e. The normalized spacial score (nSPS) is 18.3. The summed E-state index contributed by atoms with van der Waals surface area (Å²) in [5.74, 6) is 0.141. The molecule has 0 spiro atoms. The molecule has 1 nitrogen and oxygen atoms in total. The van der Waals surface area contributed by atoms with Crippen molar-refractivity contribution in [1.82, 2.24) is 0 Å². The lowest BCUT2D eigenvalue weighted by Gasteiger charge is -2.35. The lowest BCUT2D eigenvalue weighted by Crippen LogP contribution is -2.27. The average molecular weight is 294 g/mol. The highest BCUT2D eigenvalue weighted by molar-refractivity contribution is 6.08. The molecule has 1 aromatic rings. The summed E-state index contributed by atoms with van der Waals surface area (Å²) < 4.78 is 0. The van der Waals surface area contributed by atoms with Gasteiger partial charge >= 0.3 is 0 Å². The molecular formula is C21H26O. The van der Waals surface area contributed by atoms with Crippen LogP contribution in [0.5, 0.6) is 0 Å². The van der Waals surface area contributed by atoms with Gasteiger partial charge < -0.3 is 0 Å². The van der Waals surface area contributed by atoms with E-state index in [-0.39, 0.29) is 16.6 Å². The molecule has 22 heavy (non-hydrogen) atoms. The molecule has 0 amide bonds. The molecule has 0 saturated carbocycles. The van der Waals surface area contributed by atoms with Crippen LogP contribution in [-0.2, 0) is 4.79 Å². The Hall–Kier alpha value is -1.89. The summed E-state index contributed by atoms with van der Waals surface area (Å²) >= 11 is 0. The minimum absolute atomic E-state index is 0.0797. The molecule has 0 N–H and O–H groups in total. The highest BCUT2D eigenvalue weighted by atomic mass is 16.1. The summed E-state index contributed by atoms with van der Waals surface area (Å²) in [6, 6.07) is 10.3. The van der Waals surface area contributed by atoms with Crippen LogP contribution >= 0.6 is 0 Å². The molecule has 0 bridgehead atoms. The minimum Gasteiger partial charge on any atom is -0.290 e. The van der Waals surface area contributed by atoms with Gasteiger partial charge in [-0.25, -0.2) is 0 Å². The lowest BCUT2D eigenvalue weighted by molar-refractivity contribution is -0.112. The molecule has 0 unspecified atom stereocenters. The number of ketones is 1. The van der Waals surface area contributed by atoms with Crippen LogP contribution in [0.15, 0.2) is 59.2 Å². The summed E-state index contributed by atoms with van der Waals surface area (Å²) in [7, 11) is 0. The van der Waals surface area contributed by atoms with Crippen molar-refractivity contribution in [2.24, 2.45) is 10.8 Å². The zero-order valence-electron chi connectivity index (χ0n) is 14.5. The molecule has 1 aliphatic rings. The predicted octanol–water partition coefficient (Wildman–Crippen LogP) is 5.60. The summed E-state index contributed by atoms with van der Waals surface area (Å²) in [5, 5.41) is 0. The van der Waals surface area contributed by atoms with Gasteiger partial charge in [0.1, 0.15) is 0 Å². The maximum absolute atomic E-state index is 12.5. The van der Waals surface area contributed by atoms with Crippen LogP contribution in [0.4, 0.5) is 0 Å². The first kappa shape index (κ1) is 16.5. The lowest BCUT2D eigenvalue weighted by atomic mass is 9.68. The van der Waals surface area contributed by atoms with Gasteiger partial charge in [-0.15, -0.1) is 0 Å². The van der Waals surface area contributed by atoms with Gasteiger partial charge in [0.25, 0.3) is 0 Å². The Kier molecular flexibility index (Phi) is 4.28. The molecule has 0 atom stereocenters. The topological polar surface area (TPSA) is 17.1 Å². The Bertz CT molecular complexity index is 656.